The van der Waals surface area contributed by atoms with Crippen LogP contribution >= 0.6 is 57.6 Å². The molecular formula is C26H19Cl2N3O3S3. The van der Waals surface area contributed by atoms with Crippen molar-refractivity contribution in [2.24, 2.45) is 0 Å². The number of aromatic nitrogens is 2. The topological polar surface area (TPSA) is 83.4 Å². The molecule has 1 aliphatic heterocycles. The van der Waals surface area contributed by atoms with E-state index in [0.29, 0.717) is 25.7 Å². The van der Waals surface area contributed by atoms with E-state index in [9.17, 15) is 14.7 Å². The van der Waals surface area contributed by atoms with Gasteiger partial charge in [-0.05, 0) is 54.6 Å². The summed E-state index contributed by atoms with van der Waals surface area (Å²) in [5.74, 6) is -1.17. The van der Waals surface area contributed by atoms with E-state index in [-0.39, 0.29) is 16.5 Å². The van der Waals surface area contributed by atoms with E-state index in [1.807, 2.05) is 55.6 Å². The minimum atomic E-state index is -0.809. The monoisotopic (exact) mass is 587 g/mol. The molecule has 2 aromatic carbocycles. The molecule has 2 aromatic heterocycles. The van der Waals surface area contributed by atoms with Crippen LogP contribution in [0.2, 0.25) is 10.0 Å². The van der Waals surface area contributed by atoms with Gasteiger partial charge in [-0.3, -0.25) is 14.5 Å². The van der Waals surface area contributed by atoms with E-state index < -0.39 is 17.7 Å². The van der Waals surface area contributed by atoms with Crippen LogP contribution in [-0.4, -0.2) is 27.0 Å². The number of ketones is 1. The lowest BCUT2D eigenvalue weighted by atomic mass is 9.96. The lowest BCUT2D eigenvalue weighted by Crippen LogP contribution is -2.29. The van der Waals surface area contributed by atoms with E-state index in [0.717, 1.165) is 21.6 Å². The SMILES string of the molecule is Cc1ccc(C)c(/C(O)=C2\C(=O)C(=O)N(c3nnc(SCc4ccc(Cl)cc4Cl)s3)C2c2cccs2)c1. The van der Waals surface area contributed by atoms with Crippen molar-refractivity contribution in [1.29, 1.82) is 0 Å². The van der Waals surface area contributed by atoms with Crippen molar-refractivity contribution >= 4 is 80.2 Å². The van der Waals surface area contributed by atoms with Gasteiger partial charge in [0.25, 0.3) is 5.78 Å². The Kier molecular flexibility index (Phi) is 7.42. The molecule has 0 saturated carbocycles. The van der Waals surface area contributed by atoms with Gasteiger partial charge in [0.2, 0.25) is 5.13 Å². The Bertz CT molecular complexity index is 1550. The van der Waals surface area contributed by atoms with Gasteiger partial charge < -0.3 is 5.11 Å². The summed E-state index contributed by atoms with van der Waals surface area (Å²) in [5.41, 5.74) is 3.18. The van der Waals surface area contributed by atoms with Crippen LogP contribution in [0.3, 0.4) is 0 Å². The molecule has 5 rings (SSSR count). The number of thiophene rings is 1. The number of amides is 1. The molecule has 0 spiro atoms. The molecule has 6 nitrogen and oxygen atoms in total. The summed E-state index contributed by atoms with van der Waals surface area (Å²) in [7, 11) is 0. The van der Waals surface area contributed by atoms with Crippen molar-refractivity contribution in [3.8, 4) is 0 Å². The van der Waals surface area contributed by atoms with Crippen LogP contribution in [0, 0.1) is 13.8 Å². The van der Waals surface area contributed by atoms with Crippen molar-refractivity contribution in [2.45, 2.75) is 30.0 Å². The van der Waals surface area contributed by atoms with Crippen LogP contribution < -0.4 is 4.90 Å². The minimum absolute atomic E-state index is 0.0403. The van der Waals surface area contributed by atoms with E-state index in [2.05, 4.69) is 10.2 Å². The number of halogens is 2. The minimum Gasteiger partial charge on any atom is -0.507 e. The number of benzene rings is 2. The summed E-state index contributed by atoms with van der Waals surface area (Å²) in [6.07, 6.45) is 0. The van der Waals surface area contributed by atoms with Crippen LogP contribution in [0.5, 0.6) is 0 Å². The van der Waals surface area contributed by atoms with Gasteiger partial charge in [-0.25, -0.2) is 0 Å². The van der Waals surface area contributed by atoms with Crippen LogP contribution in [0.15, 0.2) is 63.8 Å². The number of Topliss-reactive ketones (excluding diaryl/α,β-unsaturated/α-hetero) is 1. The Hall–Kier alpha value is -2.69. The molecule has 1 atom stereocenters. The Morgan fingerprint density at radius 3 is 2.65 bits per heavy atom. The lowest BCUT2D eigenvalue weighted by molar-refractivity contribution is -0.132. The second-order valence-corrected chi connectivity index (χ2v) is 12.4. The van der Waals surface area contributed by atoms with Crippen molar-refractivity contribution in [1.82, 2.24) is 10.2 Å². The van der Waals surface area contributed by atoms with Crippen LogP contribution in [0.4, 0.5) is 5.13 Å². The fourth-order valence-electron chi connectivity index (χ4n) is 4.02. The van der Waals surface area contributed by atoms with Gasteiger partial charge in [-0.15, -0.1) is 21.5 Å². The number of carbonyl (C=O) groups excluding carboxylic acids is 2. The van der Waals surface area contributed by atoms with E-state index in [4.69, 9.17) is 23.2 Å². The zero-order valence-corrected chi connectivity index (χ0v) is 23.5. The first-order valence-corrected chi connectivity index (χ1v) is 14.5. The summed E-state index contributed by atoms with van der Waals surface area (Å²) in [4.78, 5) is 28.7. The van der Waals surface area contributed by atoms with Gasteiger partial charge in [-0.1, -0.05) is 76.1 Å². The fourth-order valence-corrected chi connectivity index (χ4v) is 7.27. The molecule has 4 aromatic rings. The summed E-state index contributed by atoms with van der Waals surface area (Å²) in [5, 5.41) is 23.1. The van der Waals surface area contributed by atoms with Crippen LogP contribution in [-0.2, 0) is 15.3 Å². The van der Waals surface area contributed by atoms with E-state index in [1.165, 1.54) is 39.3 Å². The molecule has 0 bridgehead atoms. The van der Waals surface area contributed by atoms with Gasteiger partial charge in [0, 0.05) is 26.2 Å². The zero-order chi connectivity index (χ0) is 26.3. The molecule has 11 heteroatoms. The number of carbonyl (C=O) groups is 2. The summed E-state index contributed by atoms with van der Waals surface area (Å²) in [6, 6.07) is 13.8. The molecular weight excluding hydrogens is 569 g/mol. The first-order chi connectivity index (χ1) is 17.7. The van der Waals surface area contributed by atoms with Crippen molar-refractivity contribution < 1.29 is 14.7 Å². The zero-order valence-electron chi connectivity index (χ0n) is 19.6. The molecule has 1 aliphatic rings. The molecule has 0 aliphatic carbocycles. The number of hydrogen-bond acceptors (Lipinski definition) is 8. The van der Waals surface area contributed by atoms with Gasteiger partial charge in [0.15, 0.2) is 4.34 Å². The van der Waals surface area contributed by atoms with Crippen LogP contribution in [0.25, 0.3) is 5.76 Å². The third-order valence-electron chi connectivity index (χ3n) is 5.87. The van der Waals surface area contributed by atoms with Crippen LogP contribution in [0.1, 0.15) is 33.2 Å². The standard InChI is InChI=1S/C26H19Cl2N3O3S3/c1-13-5-6-14(2)17(10-13)22(32)20-21(19-4-3-9-35-19)31(24(34)23(20)33)25-29-30-26(37-25)36-12-15-7-8-16(27)11-18(15)28/h3-11,21,32H,12H2,1-2H3/b22-20+. The van der Waals surface area contributed by atoms with Gasteiger partial charge in [-0.2, -0.15) is 0 Å². The highest BCUT2D eigenvalue weighted by molar-refractivity contribution is 8.00. The first kappa shape index (κ1) is 25.9. The quantitative estimate of drug-likeness (QED) is 0.0829. The number of aliphatic hydroxyl groups is 1. The molecule has 1 fully saturated rings. The Morgan fingerprint density at radius 1 is 1.11 bits per heavy atom. The number of rotatable bonds is 6. The number of aliphatic hydroxyl groups excluding tert-OH is 1. The Morgan fingerprint density at radius 2 is 1.92 bits per heavy atom. The van der Waals surface area contributed by atoms with Crippen molar-refractivity contribution in [2.75, 3.05) is 4.90 Å². The highest BCUT2D eigenvalue weighted by atomic mass is 35.5. The second-order valence-electron chi connectivity index (χ2n) is 8.38. The maximum Gasteiger partial charge on any atom is 0.301 e. The predicted molar refractivity (Wildman–Crippen MR) is 151 cm³/mol. The third kappa shape index (κ3) is 5.06. The number of nitrogens with zero attached hydrogens (tertiary/aromatic N) is 3. The first-order valence-electron chi connectivity index (χ1n) is 11.1. The highest BCUT2D eigenvalue weighted by Gasteiger charge is 2.49. The fraction of sp³-hybridized carbons (Fsp3) is 0.154. The molecule has 188 valence electrons. The van der Waals surface area contributed by atoms with Gasteiger partial charge >= 0.3 is 5.91 Å². The number of hydrogen-bond donors (Lipinski definition) is 1. The highest BCUT2D eigenvalue weighted by Crippen LogP contribution is 2.45. The van der Waals surface area contributed by atoms with Crippen molar-refractivity contribution in [3.63, 3.8) is 0 Å². The summed E-state index contributed by atoms with van der Waals surface area (Å²) >= 11 is 16.3. The Balaban J connectivity index is 1.52. The molecule has 1 amide bonds. The van der Waals surface area contributed by atoms with Crippen molar-refractivity contribution in [3.05, 3.63) is 96.7 Å². The van der Waals surface area contributed by atoms with E-state index in [1.54, 1.807) is 12.1 Å². The van der Waals surface area contributed by atoms with E-state index >= 15 is 0 Å². The second kappa shape index (κ2) is 10.6. The normalized spacial score (nSPS) is 17.1. The molecule has 1 saturated heterocycles. The summed E-state index contributed by atoms with van der Waals surface area (Å²) < 4.78 is 0.613. The molecule has 37 heavy (non-hydrogen) atoms. The summed E-state index contributed by atoms with van der Waals surface area (Å²) in [6.45, 7) is 3.76. The lowest BCUT2D eigenvalue weighted by Gasteiger charge is -2.21. The predicted octanol–water partition coefficient (Wildman–Crippen LogP) is 7.44. The Labute approximate surface area is 235 Å². The van der Waals surface area contributed by atoms with Gasteiger partial charge in [0.1, 0.15) is 11.8 Å². The molecule has 3 heterocycles. The van der Waals surface area contributed by atoms with Gasteiger partial charge in [0.05, 0.1) is 5.57 Å². The molecule has 1 unspecified atom stereocenters. The maximum absolute atomic E-state index is 13.3. The smallest absolute Gasteiger partial charge is 0.301 e. The average molecular weight is 589 g/mol. The third-order valence-corrected chi connectivity index (χ3v) is 9.49. The maximum atomic E-state index is 13.3. The average Bonchev–Trinajstić information content (AvgIpc) is 3.60. The number of thioether (sulfide) groups is 1. The largest absolute Gasteiger partial charge is 0.507 e. The molecule has 0 radical (unpaired) electrons. The number of aryl methyl sites for hydroxylation is 2. The number of anilines is 1. The molecule has 1 N–H and O–H groups in total.